The van der Waals surface area contributed by atoms with Crippen molar-refractivity contribution in [3.8, 4) is 5.75 Å². The standard InChI is InChI=1S/C16H22N2O2/c1-4-17-15(11-8-16(11,2)3)10-5-6-13-12(7-10)18-14(19)9-20-13/h5-7,11,15,17H,4,8-9H2,1-3H3,(H,18,19). The van der Waals surface area contributed by atoms with Crippen molar-refractivity contribution in [1.29, 1.82) is 0 Å². The highest BCUT2D eigenvalue weighted by molar-refractivity contribution is 5.95. The molecule has 20 heavy (non-hydrogen) atoms. The quantitative estimate of drug-likeness (QED) is 0.887. The van der Waals surface area contributed by atoms with Crippen LogP contribution in [0.2, 0.25) is 0 Å². The van der Waals surface area contributed by atoms with Crippen LogP contribution in [0.3, 0.4) is 0 Å². The number of hydrogen-bond donors (Lipinski definition) is 2. The second kappa shape index (κ2) is 4.77. The van der Waals surface area contributed by atoms with Gasteiger partial charge in [-0.1, -0.05) is 26.8 Å². The summed E-state index contributed by atoms with van der Waals surface area (Å²) in [6.45, 7) is 7.80. The number of carbonyl (C=O) groups excluding carboxylic acids is 1. The second-order valence-electron chi connectivity index (χ2n) is 6.43. The van der Waals surface area contributed by atoms with E-state index in [-0.39, 0.29) is 12.5 Å². The van der Waals surface area contributed by atoms with Crippen LogP contribution >= 0.6 is 0 Å². The largest absolute Gasteiger partial charge is 0.482 e. The highest BCUT2D eigenvalue weighted by Crippen LogP contribution is 2.58. The highest BCUT2D eigenvalue weighted by Gasteiger charge is 2.50. The molecule has 3 rings (SSSR count). The van der Waals surface area contributed by atoms with Gasteiger partial charge in [-0.3, -0.25) is 4.79 Å². The van der Waals surface area contributed by atoms with Crippen molar-refractivity contribution in [3.63, 3.8) is 0 Å². The molecule has 0 spiro atoms. The Bertz CT molecular complexity index is 539. The van der Waals surface area contributed by atoms with Crippen LogP contribution in [0, 0.1) is 11.3 Å². The van der Waals surface area contributed by atoms with Crippen molar-refractivity contribution < 1.29 is 9.53 Å². The summed E-state index contributed by atoms with van der Waals surface area (Å²) in [5.41, 5.74) is 2.43. The van der Waals surface area contributed by atoms with Gasteiger partial charge in [-0.25, -0.2) is 0 Å². The van der Waals surface area contributed by atoms with Crippen LogP contribution in [-0.4, -0.2) is 19.1 Å². The van der Waals surface area contributed by atoms with Crippen LogP contribution in [-0.2, 0) is 4.79 Å². The maximum Gasteiger partial charge on any atom is 0.262 e. The van der Waals surface area contributed by atoms with E-state index in [1.54, 1.807) is 0 Å². The molecule has 108 valence electrons. The van der Waals surface area contributed by atoms with Crippen molar-refractivity contribution in [2.24, 2.45) is 11.3 Å². The zero-order chi connectivity index (χ0) is 14.3. The molecule has 2 atom stereocenters. The monoisotopic (exact) mass is 274 g/mol. The van der Waals surface area contributed by atoms with Crippen LogP contribution in [0.5, 0.6) is 5.75 Å². The van der Waals surface area contributed by atoms with Gasteiger partial charge < -0.3 is 15.4 Å². The van der Waals surface area contributed by atoms with Gasteiger partial charge in [-0.05, 0) is 42.0 Å². The molecule has 1 aliphatic carbocycles. The fourth-order valence-corrected chi connectivity index (χ4v) is 3.08. The lowest BCUT2D eigenvalue weighted by Gasteiger charge is -2.23. The summed E-state index contributed by atoms with van der Waals surface area (Å²) in [5, 5.41) is 6.47. The van der Waals surface area contributed by atoms with Crippen molar-refractivity contribution in [3.05, 3.63) is 23.8 Å². The Labute approximate surface area is 119 Å². The summed E-state index contributed by atoms with van der Waals surface area (Å²) in [7, 11) is 0. The van der Waals surface area contributed by atoms with E-state index < -0.39 is 0 Å². The minimum absolute atomic E-state index is 0.0820. The van der Waals surface area contributed by atoms with E-state index in [9.17, 15) is 4.79 Å². The maximum atomic E-state index is 11.4. The zero-order valence-corrected chi connectivity index (χ0v) is 12.3. The molecule has 0 radical (unpaired) electrons. The molecule has 2 aliphatic rings. The normalized spacial score (nSPS) is 24.4. The minimum atomic E-state index is -0.0820. The van der Waals surface area contributed by atoms with Gasteiger partial charge in [0.1, 0.15) is 5.75 Å². The smallest absolute Gasteiger partial charge is 0.262 e. The molecule has 1 amide bonds. The first-order valence-electron chi connectivity index (χ1n) is 7.31. The first kappa shape index (κ1) is 13.4. The van der Waals surface area contributed by atoms with E-state index >= 15 is 0 Å². The zero-order valence-electron chi connectivity index (χ0n) is 12.3. The summed E-state index contributed by atoms with van der Waals surface area (Å²) in [6.07, 6.45) is 1.24. The summed E-state index contributed by atoms with van der Waals surface area (Å²) < 4.78 is 5.42. The van der Waals surface area contributed by atoms with Gasteiger partial charge in [0.05, 0.1) is 5.69 Å². The van der Waals surface area contributed by atoms with Gasteiger partial charge in [0.15, 0.2) is 6.61 Å². The van der Waals surface area contributed by atoms with Crippen molar-refractivity contribution in [1.82, 2.24) is 5.32 Å². The molecule has 1 aromatic rings. The van der Waals surface area contributed by atoms with E-state index in [4.69, 9.17) is 4.74 Å². The first-order valence-corrected chi connectivity index (χ1v) is 7.31. The lowest BCUT2D eigenvalue weighted by Crippen LogP contribution is -2.27. The number of amides is 1. The predicted octanol–water partition coefficient (Wildman–Crippen LogP) is 2.71. The Hall–Kier alpha value is -1.55. The van der Waals surface area contributed by atoms with Crippen LogP contribution in [0.1, 0.15) is 38.8 Å². The van der Waals surface area contributed by atoms with Gasteiger partial charge >= 0.3 is 0 Å². The van der Waals surface area contributed by atoms with Crippen LogP contribution < -0.4 is 15.4 Å². The van der Waals surface area contributed by atoms with Crippen LogP contribution in [0.25, 0.3) is 0 Å². The molecule has 0 saturated heterocycles. The summed E-state index contributed by atoms with van der Waals surface area (Å²) in [6, 6.07) is 6.47. The molecule has 2 N–H and O–H groups in total. The van der Waals surface area contributed by atoms with Gasteiger partial charge in [0.25, 0.3) is 5.91 Å². The van der Waals surface area contributed by atoms with Gasteiger partial charge in [0.2, 0.25) is 0 Å². The lowest BCUT2D eigenvalue weighted by atomic mass is 9.96. The molecule has 1 aromatic carbocycles. The Kier molecular flexibility index (Phi) is 3.21. The third-order valence-electron chi connectivity index (χ3n) is 4.41. The minimum Gasteiger partial charge on any atom is -0.482 e. The third kappa shape index (κ3) is 2.40. The first-order chi connectivity index (χ1) is 9.51. The number of hydrogen-bond acceptors (Lipinski definition) is 3. The topological polar surface area (TPSA) is 50.4 Å². The van der Waals surface area contributed by atoms with Crippen molar-refractivity contribution in [2.75, 3.05) is 18.5 Å². The lowest BCUT2D eigenvalue weighted by molar-refractivity contribution is -0.118. The second-order valence-corrected chi connectivity index (χ2v) is 6.43. The fraction of sp³-hybridized carbons (Fsp3) is 0.562. The molecule has 0 bridgehead atoms. The molecular weight excluding hydrogens is 252 g/mol. The Balaban J connectivity index is 1.88. The average Bonchev–Trinajstić information content (AvgIpc) is 3.03. The third-order valence-corrected chi connectivity index (χ3v) is 4.41. The van der Waals surface area contributed by atoms with E-state index in [1.807, 2.05) is 12.1 Å². The molecule has 4 heteroatoms. The molecule has 1 aliphatic heterocycles. The summed E-state index contributed by atoms with van der Waals surface area (Å²) in [4.78, 5) is 11.4. The Morgan fingerprint density at radius 1 is 1.50 bits per heavy atom. The molecule has 1 heterocycles. The number of carbonyl (C=O) groups is 1. The van der Waals surface area contributed by atoms with Gasteiger partial charge in [-0.2, -0.15) is 0 Å². The Morgan fingerprint density at radius 2 is 2.25 bits per heavy atom. The van der Waals surface area contributed by atoms with E-state index in [2.05, 4.69) is 37.5 Å². The highest BCUT2D eigenvalue weighted by atomic mass is 16.5. The van der Waals surface area contributed by atoms with E-state index in [1.165, 1.54) is 12.0 Å². The number of anilines is 1. The number of rotatable bonds is 4. The molecule has 1 saturated carbocycles. The van der Waals surface area contributed by atoms with Crippen LogP contribution in [0.15, 0.2) is 18.2 Å². The van der Waals surface area contributed by atoms with Crippen LogP contribution in [0.4, 0.5) is 5.69 Å². The molecule has 1 fully saturated rings. The van der Waals surface area contributed by atoms with Gasteiger partial charge in [-0.15, -0.1) is 0 Å². The summed E-state index contributed by atoms with van der Waals surface area (Å²) >= 11 is 0. The molecule has 4 nitrogen and oxygen atoms in total. The van der Waals surface area contributed by atoms with Gasteiger partial charge in [0, 0.05) is 6.04 Å². The fourth-order valence-electron chi connectivity index (χ4n) is 3.08. The predicted molar refractivity (Wildman–Crippen MR) is 78.9 cm³/mol. The average molecular weight is 274 g/mol. The van der Waals surface area contributed by atoms with Crippen molar-refractivity contribution >= 4 is 11.6 Å². The molecule has 0 aromatic heterocycles. The number of benzene rings is 1. The van der Waals surface area contributed by atoms with Crippen molar-refractivity contribution in [2.45, 2.75) is 33.2 Å². The summed E-state index contributed by atoms with van der Waals surface area (Å²) in [5.74, 6) is 1.33. The number of fused-ring (bicyclic) bond motifs is 1. The Morgan fingerprint density at radius 3 is 2.90 bits per heavy atom. The molecular formula is C16H22N2O2. The van der Waals surface area contributed by atoms with E-state index in [0.717, 1.165) is 18.0 Å². The maximum absolute atomic E-state index is 11.4. The number of ether oxygens (including phenoxy) is 1. The van der Waals surface area contributed by atoms with E-state index in [0.29, 0.717) is 17.4 Å². The number of nitrogens with one attached hydrogen (secondary N) is 2. The SMILES string of the molecule is CCNC(c1ccc2c(c1)NC(=O)CO2)C1CC1(C)C. The molecule has 2 unspecified atom stereocenters.